The molecule has 0 fully saturated rings. The first kappa shape index (κ1) is 10.2. The predicted molar refractivity (Wildman–Crippen MR) is 63.6 cm³/mol. The van der Waals surface area contributed by atoms with Gasteiger partial charge in [-0.3, -0.25) is 4.79 Å². The number of nitrogens with one attached hydrogen (secondary N) is 2. The summed E-state index contributed by atoms with van der Waals surface area (Å²) in [5.41, 5.74) is 9.08. The molecule has 0 spiro atoms. The standard InChI is InChI=1S/C13H11N2O/c14-11-6-8-12(9-7-11)15-13(16)10-4-2-1-3-5-10/h1-9,14H,(H,15,16). The van der Waals surface area contributed by atoms with Crippen LogP contribution in [0.15, 0.2) is 54.6 Å². The van der Waals surface area contributed by atoms with Crippen molar-refractivity contribution in [3.63, 3.8) is 0 Å². The van der Waals surface area contributed by atoms with Crippen LogP contribution in [0.4, 0.5) is 11.4 Å². The molecule has 0 aromatic heterocycles. The van der Waals surface area contributed by atoms with Crippen LogP contribution in [0.1, 0.15) is 10.4 Å². The van der Waals surface area contributed by atoms with Gasteiger partial charge < -0.3 is 11.1 Å². The van der Waals surface area contributed by atoms with E-state index >= 15 is 0 Å². The van der Waals surface area contributed by atoms with Gasteiger partial charge in [-0.05, 0) is 36.4 Å². The highest BCUT2D eigenvalue weighted by Crippen LogP contribution is 2.12. The Kier molecular flexibility index (Phi) is 2.87. The number of hydrogen-bond donors (Lipinski definition) is 1. The van der Waals surface area contributed by atoms with Gasteiger partial charge in [-0.2, -0.15) is 0 Å². The SMILES string of the molecule is [NH]c1ccc(NC(=O)c2ccccc2)cc1. The third-order valence-corrected chi connectivity index (χ3v) is 2.18. The number of rotatable bonds is 2. The molecule has 1 amide bonds. The number of amides is 1. The molecule has 2 aromatic rings. The first-order valence-electron chi connectivity index (χ1n) is 4.94. The summed E-state index contributed by atoms with van der Waals surface area (Å²) in [6.45, 7) is 0. The van der Waals surface area contributed by atoms with E-state index in [4.69, 9.17) is 5.73 Å². The highest BCUT2D eigenvalue weighted by molar-refractivity contribution is 6.04. The summed E-state index contributed by atoms with van der Waals surface area (Å²) < 4.78 is 0. The summed E-state index contributed by atoms with van der Waals surface area (Å²) in [4.78, 5) is 11.7. The quantitative estimate of drug-likeness (QED) is 0.815. The zero-order valence-electron chi connectivity index (χ0n) is 8.60. The Morgan fingerprint density at radius 2 is 1.56 bits per heavy atom. The Labute approximate surface area is 93.9 Å². The number of hydrogen-bond acceptors (Lipinski definition) is 1. The van der Waals surface area contributed by atoms with Crippen LogP contribution in [0.25, 0.3) is 0 Å². The molecule has 1 radical (unpaired) electrons. The Morgan fingerprint density at radius 1 is 0.938 bits per heavy atom. The van der Waals surface area contributed by atoms with Gasteiger partial charge in [-0.1, -0.05) is 18.2 Å². The maximum Gasteiger partial charge on any atom is 0.255 e. The molecule has 3 heteroatoms. The van der Waals surface area contributed by atoms with Crippen LogP contribution in [-0.2, 0) is 0 Å². The molecule has 0 unspecified atom stereocenters. The van der Waals surface area contributed by atoms with E-state index in [0.29, 0.717) is 16.9 Å². The van der Waals surface area contributed by atoms with Crippen LogP contribution in [0, 0.1) is 0 Å². The highest BCUT2D eigenvalue weighted by atomic mass is 16.1. The van der Waals surface area contributed by atoms with Crippen molar-refractivity contribution in [2.75, 3.05) is 5.32 Å². The predicted octanol–water partition coefficient (Wildman–Crippen LogP) is 2.85. The van der Waals surface area contributed by atoms with Gasteiger partial charge in [0.05, 0.1) is 5.69 Å². The topological polar surface area (TPSA) is 52.9 Å². The molecule has 0 bridgehead atoms. The normalized spacial score (nSPS) is 9.75. The van der Waals surface area contributed by atoms with Crippen LogP contribution < -0.4 is 11.1 Å². The third kappa shape index (κ3) is 2.39. The number of carbonyl (C=O) groups excluding carboxylic acids is 1. The van der Waals surface area contributed by atoms with Crippen molar-refractivity contribution < 1.29 is 4.79 Å². The molecule has 2 N–H and O–H groups in total. The number of benzene rings is 2. The van der Waals surface area contributed by atoms with E-state index in [2.05, 4.69) is 5.32 Å². The summed E-state index contributed by atoms with van der Waals surface area (Å²) in [5, 5.41) is 2.76. The number of carbonyl (C=O) groups is 1. The first-order valence-corrected chi connectivity index (χ1v) is 4.94. The maximum atomic E-state index is 11.7. The molecule has 2 rings (SSSR count). The molecule has 0 saturated heterocycles. The molecule has 16 heavy (non-hydrogen) atoms. The minimum absolute atomic E-state index is 0.140. The fraction of sp³-hybridized carbons (Fsp3) is 0. The van der Waals surface area contributed by atoms with Gasteiger partial charge in [0, 0.05) is 11.3 Å². The van der Waals surface area contributed by atoms with Gasteiger partial charge in [0.15, 0.2) is 0 Å². The summed E-state index contributed by atoms with van der Waals surface area (Å²) in [7, 11) is 0. The smallest absolute Gasteiger partial charge is 0.255 e. The molecule has 0 saturated carbocycles. The molecular weight excluding hydrogens is 200 g/mol. The van der Waals surface area contributed by atoms with E-state index in [-0.39, 0.29) is 5.91 Å². The van der Waals surface area contributed by atoms with Gasteiger partial charge >= 0.3 is 0 Å². The van der Waals surface area contributed by atoms with E-state index in [9.17, 15) is 4.79 Å². The largest absolute Gasteiger partial charge is 0.322 e. The highest BCUT2D eigenvalue weighted by Gasteiger charge is 2.04. The van der Waals surface area contributed by atoms with E-state index in [0.717, 1.165) is 0 Å². The Morgan fingerprint density at radius 3 is 2.19 bits per heavy atom. The molecule has 3 nitrogen and oxygen atoms in total. The van der Waals surface area contributed by atoms with Gasteiger partial charge in [-0.25, -0.2) is 0 Å². The van der Waals surface area contributed by atoms with Gasteiger partial charge in [0.25, 0.3) is 5.91 Å². The van der Waals surface area contributed by atoms with Crippen molar-refractivity contribution in [1.82, 2.24) is 5.73 Å². The van der Waals surface area contributed by atoms with Crippen molar-refractivity contribution in [2.45, 2.75) is 0 Å². The second-order valence-corrected chi connectivity index (χ2v) is 3.40. The Bertz CT molecular complexity index is 477. The molecule has 79 valence electrons. The molecule has 2 aromatic carbocycles. The second kappa shape index (κ2) is 4.49. The van der Waals surface area contributed by atoms with Crippen molar-refractivity contribution in [3.8, 4) is 0 Å². The average Bonchev–Trinajstić information content (AvgIpc) is 2.33. The minimum atomic E-state index is -0.140. The van der Waals surface area contributed by atoms with E-state index in [1.54, 1.807) is 36.4 Å². The van der Waals surface area contributed by atoms with Crippen LogP contribution >= 0.6 is 0 Å². The van der Waals surface area contributed by atoms with Gasteiger partial charge in [-0.15, -0.1) is 0 Å². The molecule has 0 aliphatic heterocycles. The third-order valence-electron chi connectivity index (χ3n) is 2.18. The van der Waals surface area contributed by atoms with Crippen molar-refractivity contribution in [3.05, 3.63) is 60.2 Å². The lowest BCUT2D eigenvalue weighted by Gasteiger charge is -2.04. The maximum absolute atomic E-state index is 11.7. The summed E-state index contributed by atoms with van der Waals surface area (Å²) >= 11 is 0. The lowest BCUT2D eigenvalue weighted by molar-refractivity contribution is 0.102. The van der Waals surface area contributed by atoms with Crippen LogP contribution in [0.2, 0.25) is 0 Å². The van der Waals surface area contributed by atoms with Gasteiger partial charge in [0.2, 0.25) is 0 Å². The molecule has 0 atom stereocenters. The van der Waals surface area contributed by atoms with E-state index < -0.39 is 0 Å². The average molecular weight is 211 g/mol. The molecule has 0 aliphatic rings. The van der Waals surface area contributed by atoms with Crippen LogP contribution in [0.5, 0.6) is 0 Å². The van der Waals surface area contributed by atoms with Crippen LogP contribution in [0.3, 0.4) is 0 Å². The summed E-state index contributed by atoms with van der Waals surface area (Å²) in [6, 6.07) is 15.7. The Hall–Kier alpha value is -2.29. The van der Waals surface area contributed by atoms with Crippen molar-refractivity contribution >= 4 is 17.3 Å². The summed E-state index contributed by atoms with van der Waals surface area (Å²) in [6.07, 6.45) is 0. The number of anilines is 1. The molecule has 0 heterocycles. The zero-order valence-corrected chi connectivity index (χ0v) is 8.60. The van der Waals surface area contributed by atoms with Gasteiger partial charge in [0.1, 0.15) is 0 Å². The van der Waals surface area contributed by atoms with E-state index in [1.807, 2.05) is 18.2 Å². The molecular formula is C13H11N2O. The fourth-order valence-electron chi connectivity index (χ4n) is 1.35. The monoisotopic (exact) mass is 211 g/mol. The lowest BCUT2D eigenvalue weighted by Crippen LogP contribution is -2.11. The first-order chi connectivity index (χ1) is 7.75. The Balaban J connectivity index is 2.11. The zero-order chi connectivity index (χ0) is 11.4. The second-order valence-electron chi connectivity index (χ2n) is 3.40. The molecule has 0 aliphatic carbocycles. The summed E-state index contributed by atoms with van der Waals surface area (Å²) in [5.74, 6) is -0.140. The fourth-order valence-corrected chi connectivity index (χ4v) is 1.35. The van der Waals surface area contributed by atoms with Crippen molar-refractivity contribution in [1.29, 1.82) is 0 Å². The minimum Gasteiger partial charge on any atom is -0.322 e. The van der Waals surface area contributed by atoms with E-state index in [1.165, 1.54) is 0 Å². The van der Waals surface area contributed by atoms with Crippen LogP contribution in [-0.4, -0.2) is 5.91 Å². The van der Waals surface area contributed by atoms with Crippen molar-refractivity contribution in [2.24, 2.45) is 0 Å². The lowest BCUT2D eigenvalue weighted by atomic mass is 10.2.